The smallest absolute Gasteiger partial charge is 0.0576 e. The fraction of sp³-hybridized carbons (Fsp3) is 0.467. The Morgan fingerprint density at radius 2 is 2.00 bits per heavy atom. The van der Waals surface area contributed by atoms with Crippen LogP contribution >= 0.6 is 0 Å². The van der Waals surface area contributed by atoms with E-state index >= 15 is 0 Å². The van der Waals surface area contributed by atoms with Crippen molar-refractivity contribution in [2.24, 2.45) is 0 Å². The topological polar surface area (TPSA) is 12.0 Å². The third kappa shape index (κ3) is 5.00. The van der Waals surface area contributed by atoms with Crippen molar-refractivity contribution in [1.82, 2.24) is 5.32 Å². The molecule has 0 aliphatic heterocycles. The van der Waals surface area contributed by atoms with E-state index in [4.69, 9.17) is 0 Å². The Balaban J connectivity index is 2.29. The van der Waals surface area contributed by atoms with Crippen LogP contribution in [0.15, 0.2) is 30.3 Å². The molecule has 16 heavy (non-hydrogen) atoms. The van der Waals surface area contributed by atoms with E-state index < -0.39 is 0 Å². The molecular weight excluding hydrogens is 194 g/mol. The molecule has 0 heterocycles. The first-order valence-corrected chi connectivity index (χ1v) is 6.08. The van der Waals surface area contributed by atoms with Gasteiger partial charge in [-0.3, -0.25) is 0 Å². The first-order valence-electron chi connectivity index (χ1n) is 6.08. The summed E-state index contributed by atoms with van der Waals surface area (Å²) in [6, 6.07) is 10.4. The molecule has 1 rings (SSSR count). The van der Waals surface area contributed by atoms with Crippen LogP contribution in [0.5, 0.6) is 0 Å². The molecule has 0 aliphatic carbocycles. The van der Waals surface area contributed by atoms with Crippen LogP contribution in [0.25, 0.3) is 0 Å². The maximum atomic E-state index is 3.32. The number of unbranched alkanes of at least 4 members (excludes halogenated alkanes) is 1. The second-order valence-electron chi connectivity index (χ2n) is 3.98. The highest BCUT2D eigenvalue weighted by molar-refractivity contribution is 5.26. The SMILES string of the molecule is CCCCNCC#CC(C)c1ccccc1. The van der Waals surface area contributed by atoms with Gasteiger partial charge in [-0.05, 0) is 25.5 Å². The third-order valence-electron chi connectivity index (χ3n) is 2.54. The predicted octanol–water partition coefficient (Wildman–Crippen LogP) is 3.18. The lowest BCUT2D eigenvalue weighted by Gasteiger charge is -2.03. The number of rotatable bonds is 5. The lowest BCUT2D eigenvalue weighted by molar-refractivity contribution is 0.686. The van der Waals surface area contributed by atoms with Crippen molar-refractivity contribution in [1.29, 1.82) is 0 Å². The molecule has 0 aromatic heterocycles. The molecule has 0 saturated carbocycles. The average Bonchev–Trinajstić information content (AvgIpc) is 2.34. The fourth-order valence-corrected chi connectivity index (χ4v) is 1.48. The fourth-order valence-electron chi connectivity index (χ4n) is 1.48. The quantitative estimate of drug-likeness (QED) is 0.587. The minimum Gasteiger partial charge on any atom is -0.306 e. The highest BCUT2D eigenvalue weighted by Gasteiger charge is 1.98. The van der Waals surface area contributed by atoms with Gasteiger partial charge in [-0.2, -0.15) is 0 Å². The van der Waals surface area contributed by atoms with Crippen molar-refractivity contribution >= 4 is 0 Å². The zero-order chi connectivity index (χ0) is 11.6. The summed E-state index contributed by atoms with van der Waals surface area (Å²) in [5.41, 5.74) is 1.29. The lowest BCUT2D eigenvalue weighted by Crippen LogP contribution is -2.15. The number of nitrogens with one attached hydrogen (secondary N) is 1. The van der Waals surface area contributed by atoms with Crippen molar-refractivity contribution < 1.29 is 0 Å². The van der Waals surface area contributed by atoms with Crippen molar-refractivity contribution in [2.45, 2.75) is 32.6 Å². The first kappa shape index (κ1) is 12.8. The van der Waals surface area contributed by atoms with Crippen molar-refractivity contribution in [2.75, 3.05) is 13.1 Å². The second-order valence-corrected chi connectivity index (χ2v) is 3.98. The van der Waals surface area contributed by atoms with Gasteiger partial charge in [0.2, 0.25) is 0 Å². The average molecular weight is 215 g/mol. The molecular formula is C15H21N. The predicted molar refractivity (Wildman–Crippen MR) is 70.4 cm³/mol. The van der Waals surface area contributed by atoms with Gasteiger partial charge in [-0.25, -0.2) is 0 Å². The summed E-state index contributed by atoms with van der Waals surface area (Å²) < 4.78 is 0. The first-order chi connectivity index (χ1) is 7.84. The molecule has 0 spiro atoms. The summed E-state index contributed by atoms with van der Waals surface area (Å²) in [6.45, 7) is 6.22. The summed E-state index contributed by atoms with van der Waals surface area (Å²) >= 11 is 0. The van der Waals surface area contributed by atoms with Crippen LogP contribution in [0.4, 0.5) is 0 Å². The van der Waals surface area contributed by atoms with Crippen molar-refractivity contribution in [3.8, 4) is 11.8 Å². The minimum atomic E-state index is 0.328. The monoisotopic (exact) mass is 215 g/mol. The Labute approximate surface area is 99.3 Å². The molecule has 0 fully saturated rings. The Kier molecular flexibility index (Phi) is 6.37. The summed E-state index contributed by atoms with van der Waals surface area (Å²) in [7, 11) is 0. The van der Waals surface area contributed by atoms with E-state index in [-0.39, 0.29) is 0 Å². The van der Waals surface area contributed by atoms with Crippen LogP contribution in [0.1, 0.15) is 38.2 Å². The number of hydrogen-bond acceptors (Lipinski definition) is 1. The van der Waals surface area contributed by atoms with Crippen molar-refractivity contribution in [3.63, 3.8) is 0 Å². The van der Waals surface area contributed by atoms with E-state index in [1.165, 1.54) is 18.4 Å². The van der Waals surface area contributed by atoms with Crippen LogP contribution < -0.4 is 5.32 Å². The van der Waals surface area contributed by atoms with Gasteiger partial charge >= 0.3 is 0 Å². The highest BCUT2D eigenvalue weighted by Crippen LogP contribution is 2.12. The third-order valence-corrected chi connectivity index (χ3v) is 2.54. The van der Waals surface area contributed by atoms with Crippen LogP contribution in [0, 0.1) is 11.8 Å². The molecule has 1 atom stereocenters. The minimum absolute atomic E-state index is 0.328. The zero-order valence-corrected chi connectivity index (χ0v) is 10.3. The van der Waals surface area contributed by atoms with Crippen LogP contribution in [-0.4, -0.2) is 13.1 Å². The zero-order valence-electron chi connectivity index (χ0n) is 10.3. The Hall–Kier alpha value is -1.26. The van der Waals surface area contributed by atoms with Gasteiger partial charge in [-0.1, -0.05) is 55.5 Å². The van der Waals surface area contributed by atoms with Crippen LogP contribution in [-0.2, 0) is 0 Å². The molecule has 1 aromatic rings. The molecule has 0 bridgehead atoms. The molecule has 0 saturated heterocycles. The van der Waals surface area contributed by atoms with Gasteiger partial charge in [-0.15, -0.1) is 0 Å². The summed E-state index contributed by atoms with van der Waals surface area (Å²) in [4.78, 5) is 0. The van der Waals surface area contributed by atoms with E-state index in [0.29, 0.717) is 5.92 Å². The van der Waals surface area contributed by atoms with E-state index in [9.17, 15) is 0 Å². The molecule has 1 N–H and O–H groups in total. The van der Waals surface area contributed by atoms with E-state index in [1.54, 1.807) is 0 Å². The van der Waals surface area contributed by atoms with Crippen LogP contribution in [0.2, 0.25) is 0 Å². The van der Waals surface area contributed by atoms with Gasteiger partial charge in [0.1, 0.15) is 0 Å². The second kappa shape index (κ2) is 7.96. The Morgan fingerprint density at radius 3 is 2.69 bits per heavy atom. The summed E-state index contributed by atoms with van der Waals surface area (Å²) in [5, 5.41) is 3.32. The molecule has 0 radical (unpaired) electrons. The largest absolute Gasteiger partial charge is 0.306 e. The van der Waals surface area contributed by atoms with Gasteiger partial charge in [0.05, 0.1) is 6.54 Å². The van der Waals surface area contributed by atoms with Crippen LogP contribution in [0.3, 0.4) is 0 Å². The van der Waals surface area contributed by atoms with Gasteiger partial charge in [0.15, 0.2) is 0 Å². The highest BCUT2D eigenvalue weighted by atomic mass is 14.8. The van der Waals surface area contributed by atoms with Crippen molar-refractivity contribution in [3.05, 3.63) is 35.9 Å². The molecule has 1 nitrogen and oxygen atoms in total. The Bertz CT molecular complexity index is 331. The van der Waals surface area contributed by atoms with E-state index in [2.05, 4.69) is 55.3 Å². The number of benzene rings is 1. The molecule has 1 aromatic carbocycles. The van der Waals surface area contributed by atoms with Gasteiger partial charge in [0, 0.05) is 5.92 Å². The molecule has 0 aliphatic rings. The molecule has 86 valence electrons. The van der Waals surface area contributed by atoms with E-state index in [0.717, 1.165) is 13.1 Å². The molecule has 0 amide bonds. The number of hydrogen-bond donors (Lipinski definition) is 1. The Morgan fingerprint density at radius 1 is 1.25 bits per heavy atom. The summed E-state index contributed by atoms with van der Waals surface area (Å²) in [5.74, 6) is 6.77. The maximum absolute atomic E-state index is 3.32. The summed E-state index contributed by atoms with van der Waals surface area (Å²) in [6.07, 6.45) is 2.47. The van der Waals surface area contributed by atoms with E-state index in [1.807, 2.05) is 6.07 Å². The maximum Gasteiger partial charge on any atom is 0.0576 e. The lowest BCUT2D eigenvalue weighted by atomic mass is 10.0. The van der Waals surface area contributed by atoms with Gasteiger partial charge < -0.3 is 5.32 Å². The molecule has 1 heteroatoms. The standard InChI is InChI=1S/C15H21N/c1-3-4-12-16-13-8-9-14(2)15-10-6-5-7-11-15/h5-7,10-11,14,16H,3-4,12-13H2,1-2H3. The molecule has 1 unspecified atom stereocenters. The van der Waals surface area contributed by atoms with Gasteiger partial charge in [0.25, 0.3) is 0 Å². The normalized spacial score (nSPS) is 11.6.